The van der Waals surface area contributed by atoms with Gasteiger partial charge in [0.15, 0.2) is 11.5 Å². The summed E-state index contributed by atoms with van der Waals surface area (Å²) in [5, 5.41) is 2.88. The highest BCUT2D eigenvalue weighted by Crippen LogP contribution is 2.28. The van der Waals surface area contributed by atoms with Crippen LogP contribution in [-0.4, -0.2) is 45.7 Å². The van der Waals surface area contributed by atoms with Crippen molar-refractivity contribution in [2.75, 3.05) is 32.3 Å². The summed E-state index contributed by atoms with van der Waals surface area (Å²) in [6.07, 6.45) is 2.07. The third-order valence-electron chi connectivity index (χ3n) is 4.75. The molecule has 28 heavy (non-hydrogen) atoms. The number of nitrogens with one attached hydrogen (secondary N) is 1. The molecule has 0 bridgehead atoms. The molecule has 1 aliphatic heterocycles. The van der Waals surface area contributed by atoms with Gasteiger partial charge in [0.2, 0.25) is 15.9 Å². The maximum Gasteiger partial charge on any atom is 0.228 e. The molecule has 1 N–H and O–H groups in total. The van der Waals surface area contributed by atoms with Crippen molar-refractivity contribution < 1.29 is 22.7 Å². The first-order valence-electron chi connectivity index (χ1n) is 8.88. The number of carbonyl (C=O) groups excluding carboxylic acids is 1. The first-order chi connectivity index (χ1) is 13.3. The average Bonchev–Trinajstić information content (AvgIpc) is 2.66. The van der Waals surface area contributed by atoms with Gasteiger partial charge in [-0.15, -0.1) is 0 Å². The van der Waals surface area contributed by atoms with E-state index in [2.05, 4.69) is 5.32 Å². The van der Waals surface area contributed by atoms with Crippen LogP contribution in [0, 0.1) is 0 Å². The van der Waals surface area contributed by atoms with Crippen molar-refractivity contribution >= 4 is 21.6 Å². The number of benzene rings is 2. The minimum atomic E-state index is -3.23. The molecule has 7 nitrogen and oxygen atoms in total. The van der Waals surface area contributed by atoms with E-state index in [-0.39, 0.29) is 12.3 Å². The molecule has 2 aromatic carbocycles. The highest BCUT2D eigenvalue weighted by Gasteiger charge is 2.23. The Balaban J connectivity index is 1.70. The van der Waals surface area contributed by atoms with Crippen LogP contribution in [-0.2, 0) is 34.2 Å². The lowest BCUT2D eigenvalue weighted by molar-refractivity contribution is -0.115. The van der Waals surface area contributed by atoms with Crippen LogP contribution < -0.4 is 14.8 Å². The molecular weight excluding hydrogens is 380 g/mol. The fraction of sp³-hybridized carbons (Fsp3) is 0.350. The number of methoxy groups -OCH3 is 2. The molecule has 150 valence electrons. The Hall–Kier alpha value is -2.58. The third kappa shape index (κ3) is 4.63. The maximum absolute atomic E-state index is 12.4. The standard InChI is InChI=1S/C20H24N2O5S/c1-26-18-7-4-14(10-19(18)27-2)11-20(23)21-17-6-5-15-8-9-22(28(3,24)25)13-16(15)12-17/h4-7,10,12H,8-9,11,13H2,1-3H3,(H,21,23). The number of amides is 1. The first-order valence-corrected chi connectivity index (χ1v) is 10.7. The number of anilines is 1. The van der Waals surface area contributed by atoms with Crippen molar-refractivity contribution in [3.63, 3.8) is 0 Å². The zero-order valence-corrected chi connectivity index (χ0v) is 17.0. The lowest BCUT2D eigenvalue weighted by Gasteiger charge is -2.27. The Morgan fingerprint density at radius 1 is 1.07 bits per heavy atom. The van der Waals surface area contributed by atoms with Gasteiger partial charge in [0.25, 0.3) is 0 Å². The number of sulfonamides is 1. The van der Waals surface area contributed by atoms with Gasteiger partial charge in [-0.1, -0.05) is 12.1 Å². The molecule has 0 radical (unpaired) electrons. The van der Waals surface area contributed by atoms with Crippen LogP contribution >= 0.6 is 0 Å². The van der Waals surface area contributed by atoms with Crippen molar-refractivity contribution in [3.05, 3.63) is 53.1 Å². The van der Waals surface area contributed by atoms with Crippen LogP contribution in [0.15, 0.2) is 36.4 Å². The van der Waals surface area contributed by atoms with Crippen LogP contribution in [0.5, 0.6) is 11.5 Å². The van der Waals surface area contributed by atoms with Gasteiger partial charge in [0.05, 0.1) is 26.9 Å². The smallest absolute Gasteiger partial charge is 0.228 e. The second kappa shape index (κ2) is 8.20. The third-order valence-corrected chi connectivity index (χ3v) is 6.00. The molecule has 2 aromatic rings. The second-order valence-corrected chi connectivity index (χ2v) is 8.73. The molecule has 0 saturated heterocycles. The molecule has 0 aliphatic carbocycles. The van der Waals surface area contributed by atoms with Gasteiger partial charge in [-0.25, -0.2) is 8.42 Å². The fourth-order valence-corrected chi connectivity index (χ4v) is 4.07. The van der Waals surface area contributed by atoms with Crippen LogP contribution in [0.4, 0.5) is 5.69 Å². The molecule has 0 atom stereocenters. The average molecular weight is 404 g/mol. The summed E-state index contributed by atoms with van der Waals surface area (Å²) >= 11 is 0. The van der Waals surface area contributed by atoms with Crippen LogP contribution in [0.25, 0.3) is 0 Å². The molecule has 8 heteroatoms. The summed E-state index contributed by atoms with van der Waals surface area (Å²) in [5.74, 6) is 1.02. The number of nitrogens with zero attached hydrogens (tertiary/aromatic N) is 1. The minimum Gasteiger partial charge on any atom is -0.493 e. The summed E-state index contributed by atoms with van der Waals surface area (Å²) in [6.45, 7) is 0.810. The van der Waals surface area contributed by atoms with Crippen LogP contribution in [0.1, 0.15) is 16.7 Å². The van der Waals surface area contributed by atoms with Gasteiger partial charge < -0.3 is 14.8 Å². The normalized spacial score (nSPS) is 14.2. The van der Waals surface area contributed by atoms with Crippen LogP contribution in [0.3, 0.4) is 0 Å². The summed E-state index contributed by atoms with van der Waals surface area (Å²) < 4.78 is 35.5. The van der Waals surface area contributed by atoms with Gasteiger partial charge in [-0.2, -0.15) is 4.31 Å². The van der Waals surface area contributed by atoms with E-state index in [0.717, 1.165) is 16.7 Å². The molecule has 0 saturated carbocycles. The van der Waals surface area contributed by atoms with Gasteiger partial charge in [-0.05, 0) is 47.4 Å². The maximum atomic E-state index is 12.4. The number of fused-ring (bicyclic) bond motifs is 1. The molecule has 0 fully saturated rings. The zero-order valence-electron chi connectivity index (χ0n) is 16.2. The lowest BCUT2D eigenvalue weighted by Crippen LogP contribution is -2.35. The van der Waals surface area contributed by atoms with Crippen LogP contribution in [0.2, 0.25) is 0 Å². The van der Waals surface area contributed by atoms with Gasteiger partial charge in [0, 0.05) is 18.8 Å². The molecule has 0 aromatic heterocycles. The molecule has 3 rings (SSSR count). The largest absolute Gasteiger partial charge is 0.493 e. The number of ether oxygens (including phenoxy) is 2. The Morgan fingerprint density at radius 3 is 2.50 bits per heavy atom. The first kappa shape index (κ1) is 20.2. The van der Waals surface area contributed by atoms with Crippen molar-refractivity contribution in [2.24, 2.45) is 0 Å². The fourth-order valence-electron chi connectivity index (χ4n) is 3.27. The van der Waals surface area contributed by atoms with Gasteiger partial charge in [0.1, 0.15) is 0 Å². The summed E-state index contributed by atoms with van der Waals surface area (Å²) in [7, 11) is -0.123. The number of carbonyl (C=O) groups is 1. The number of hydrogen-bond acceptors (Lipinski definition) is 5. The Bertz CT molecular complexity index is 988. The molecule has 0 unspecified atom stereocenters. The predicted molar refractivity (Wildman–Crippen MR) is 107 cm³/mol. The molecule has 1 amide bonds. The van der Waals surface area contributed by atoms with E-state index in [1.54, 1.807) is 26.4 Å². The number of hydrogen-bond donors (Lipinski definition) is 1. The van der Waals surface area contributed by atoms with Crippen molar-refractivity contribution in [3.8, 4) is 11.5 Å². The molecule has 0 spiro atoms. The van der Waals surface area contributed by atoms with Gasteiger partial charge in [-0.3, -0.25) is 4.79 Å². The van der Waals surface area contributed by atoms with E-state index in [4.69, 9.17) is 9.47 Å². The molecular formula is C20H24N2O5S. The van der Waals surface area contributed by atoms with E-state index in [9.17, 15) is 13.2 Å². The van der Waals surface area contributed by atoms with E-state index < -0.39 is 10.0 Å². The Morgan fingerprint density at radius 2 is 1.82 bits per heavy atom. The monoisotopic (exact) mass is 404 g/mol. The summed E-state index contributed by atoms with van der Waals surface area (Å²) in [4.78, 5) is 12.4. The Labute approximate surface area is 165 Å². The number of rotatable bonds is 6. The molecule has 1 heterocycles. The predicted octanol–water partition coefficient (Wildman–Crippen LogP) is 2.20. The van der Waals surface area contributed by atoms with Crippen molar-refractivity contribution in [2.45, 2.75) is 19.4 Å². The van der Waals surface area contributed by atoms with E-state index in [1.807, 2.05) is 24.3 Å². The lowest BCUT2D eigenvalue weighted by atomic mass is 10.0. The molecule has 1 aliphatic rings. The van der Waals surface area contributed by atoms with Gasteiger partial charge >= 0.3 is 0 Å². The second-order valence-electron chi connectivity index (χ2n) is 6.74. The minimum absolute atomic E-state index is 0.164. The van der Waals surface area contributed by atoms with Crippen molar-refractivity contribution in [1.29, 1.82) is 0 Å². The van der Waals surface area contributed by atoms with E-state index in [1.165, 1.54) is 10.6 Å². The van der Waals surface area contributed by atoms with Crippen molar-refractivity contribution in [1.82, 2.24) is 4.31 Å². The summed E-state index contributed by atoms with van der Waals surface area (Å²) in [6, 6.07) is 11.0. The Kier molecular flexibility index (Phi) is 5.90. The van der Waals surface area contributed by atoms with E-state index >= 15 is 0 Å². The SMILES string of the molecule is COc1ccc(CC(=O)Nc2ccc3c(c2)CN(S(C)(=O)=O)CC3)cc1OC. The quantitative estimate of drug-likeness (QED) is 0.798. The highest BCUT2D eigenvalue weighted by molar-refractivity contribution is 7.88. The van der Waals surface area contributed by atoms with E-state index in [0.29, 0.717) is 36.7 Å². The summed E-state index contributed by atoms with van der Waals surface area (Å²) in [5.41, 5.74) is 3.48. The topological polar surface area (TPSA) is 84.9 Å². The zero-order chi connectivity index (χ0) is 20.3. The highest BCUT2D eigenvalue weighted by atomic mass is 32.2.